The molecular weight excluding hydrogens is 267 g/mol. The van der Waals surface area contributed by atoms with Gasteiger partial charge in [-0.1, -0.05) is 0 Å². The monoisotopic (exact) mass is 277 g/mol. The predicted molar refractivity (Wildman–Crippen MR) is 56.9 cm³/mol. The second kappa shape index (κ2) is 5.70. The molecule has 1 rings (SSSR count). The number of carboxylic acids is 1. The Kier molecular flexibility index (Phi) is 4.49. The molecule has 0 aliphatic rings. The maximum absolute atomic E-state index is 13.3. The van der Waals surface area contributed by atoms with Crippen LogP contribution in [0.15, 0.2) is 12.1 Å². The molecular formula is C11H10F3NO4. The van der Waals surface area contributed by atoms with Gasteiger partial charge in [-0.3, -0.25) is 4.79 Å². The predicted octanol–water partition coefficient (Wildman–Crippen LogP) is 0.668. The van der Waals surface area contributed by atoms with Gasteiger partial charge in [0, 0.05) is 0 Å². The fourth-order valence-electron chi connectivity index (χ4n) is 1.31. The summed E-state index contributed by atoms with van der Waals surface area (Å²) in [6.07, 6.45) is -1.45. The summed E-state index contributed by atoms with van der Waals surface area (Å²) in [6, 6.07) is -0.491. The Labute approximate surface area is 105 Å². The molecule has 0 aromatic heterocycles. The lowest BCUT2D eigenvalue weighted by molar-refractivity contribution is -0.141. The Morgan fingerprint density at radius 3 is 2.26 bits per heavy atom. The summed E-state index contributed by atoms with van der Waals surface area (Å²) in [5.74, 6) is -7.86. The number of aliphatic hydroxyl groups is 1. The van der Waals surface area contributed by atoms with Gasteiger partial charge in [0.2, 0.25) is 0 Å². The van der Waals surface area contributed by atoms with Gasteiger partial charge in [0.05, 0.1) is 11.7 Å². The second-order valence-corrected chi connectivity index (χ2v) is 3.75. The van der Waals surface area contributed by atoms with E-state index in [0.717, 1.165) is 6.92 Å². The highest BCUT2D eigenvalue weighted by Gasteiger charge is 2.27. The lowest BCUT2D eigenvalue weighted by Gasteiger charge is -2.17. The number of amides is 1. The molecule has 104 valence electrons. The number of aliphatic carboxylic acids is 1. The third-order valence-electron chi connectivity index (χ3n) is 2.31. The fraction of sp³-hybridized carbons (Fsp3) is 0.273. The van der Waals surface area contributed by atoms with Crippen molar-refractivity contribution >= 4 is 11.9 Å². The Morgan fingerprint density at radius 1 is 1.21 bits per heavy atom. The van der Waals surface area contributed by atoms with Gasteiger partial charge in [-0.25, -0.2) is 18.0 Å². The van der Waals surface area contributed by atoms with E-state index in [1.807, 2.05) is 0 Å². The first-order chi connectivity index (χ1) is 8.75. The van der Waals surface area contributed by atoms with E-state index >= 15 is 0 Å². The van der Waals surface area contributed by atoms with Gasteiger partial charge in [0.15, 0.2) is 23.5 Å². The van der Waals surface area contributed by atoms with Crippen LogP contribution in [0.2, 0.25) is 0 Å². The normalized spacial score (nSPS) is 13.7. The molecule has 0 aliphatic carbocycles. The number of nitrogens with one attached hydrogen (secondary N) is 1. The van der Waals surface area contributed by atoms with E-state index in [4.69, 9.17) is 10.2 Å². The minimum absolute atomic E-state index is 0.533. The van der Waals surface area contributed by atoms with Gasteiger partial charge in [0.25, 0.3) is 5.91 Å². The highest BCUT2D eigenvalue weighted by molar-refractivity contribution is 5.97. The van der Waals surface area contributed by atoms with Gasteiger partial charge >= 0.3 is 5.97 Å². The number of carbonyl (C=O) groups excluding carboxylic acids is 1. The van der Waals surface area contributed by atoms with Crippen molar-refractivity contribution in [3.05, 3.63) is 35.1 Å². The molecule has 0 fully saturated rings. The number of carbonyl (C=O) groups is 2. The number of hydrogen-bond donors (Lipinski definition) is 3. The van der Waals surface area contributed by atoms with Crippen molar-refractivity contribution < 1.29 is 33.0 Å². The zero-order valence-corrected chi connectivity index (χ0v) is 9.65. The third-order valence-corrected chi connectivity index (χ3v) is 2.31. The molecule has 0 aliphatic heterocycles. The van der Waals surface area contributed by atoms with Crippen LogP contribution in [0.3, 0.4) is 0 Å². The largest absolute Gasteiger partial charge is 0.480 e. The Morgan fingerprint density at radius 2 is 1.79 bits per heavy atom. The molecule has 5 nitrogen and oxygen atoms in total. The maximum Gasteiger partial charge on any atom is 0.328 e. The molecule has 2 atom stereocenters. The van der Waals surface area contributed by atoms with E-state index < -0.39 is 47.0 Å². The summed E-state index contributed by atoms with van der Waals surface area (Å²) < 4.78 is 38.9. The van der Waals surface area contributed by atoms with E-state index in [9.17, 15) is 22.8 Å². The van der Waals surface area contributed by atoms with Crippen LogP contribution in [0, 0.1) is 17.5 Å². The summed E-state index contributed by atoms with van der Waals surface area (Å²) in [5.41, 5.74) is -0.856. The first kappa shape index (κ1) is 15.0. The van der Waals surface area contributed by atoms with Crippen LogP contribution in [0.1, 0.15) is 17.3 Å². The molecule has 0 saturated heterocycles. The molecule has 1 aromatic carbocycles. The molecule has 8 heteroatoms. The Hall–Kier alpha value is -2.09. The summed E-state index contributed by atoms with van der Waals surface area (Å²) in [6.45, 7) is 1.10. The first-order valence-corrected chi connectivity index (χ1v) is 5.11. The van der Waals surface area contributed by atoms with E-state index in [1.54, 1.807) is 5.32 Å². The minimum atomic E-state index is -1.84. The van der Waals surface area contributed by atoms with E-state index in [1.165, 1.54) is 0 Å². The topological polar surface area (TPSA) is 86.6 Å². The Bertz CT molecular complexity index is 519. The van der Waals surface area contributed by atoms with Crippen LogP contribution >= 0.6 is 0 Å². The van der Waals surface area contributed by atoms with Crippen LogP contribution in [0.4, 0.5) is 13.2 Å². The standard InChI is InChI=1S/C11H10F3NO4/c1-4(16)9(11(18)19)15-10(17)5-2-3-6(12)8(14)7(5)13/h2-4,9,16H,1H3,(H,15,17)(H,18,19)/t4-,9+/m1/s1. The van der Waals surface area contributed by atoms with Crippen molar-refractivity contribution in [3.63, 3.8) is 0 Å². The van der Waals surface area contributed by atoms with Crippen molar-refractivity contribution in [1.82, 2.24) is 5.32 Å². The third kappa shape index (κ3) is 3.22. The van der Waals surface area contributed by atoms with E-state index in [-0.39, 0.29) is 0 Å². The van der Waals surface area contributed by atoms with E-state index in [0.29, 0.717) is 12.1 Å². The lowest BCUT2D eigenvalue weighted by atomic mass is 10.1. The van der Waals surface area contributed by atoms with Gasteiger partial charge < -0.3 is 15.5 Å². The van der Waals surface area contributed by atoms with Gasteiger partial charge in [-0.05, 0) is 19.1 Å². The summed E-state index contributed by atoms with van der Waals surface area (Å²) in [7, 11) is 0. The highest BCUT2D eigenvalue weighted by Crippen LogP contribution is 2.15. The van der Waals surface area contributed by atoms with Crippen molar-refractivity contribution in [3.8, 4) is 0 Å². The smallest absolute Gasteiger partial charge is 0.328 e. The molecule has 0 radical (unpaired) electrons. The minimum Gasteiger partial charge on any atom is -0.480 e. The fourth-order valence-corrected chi connectivity index (χ4v) is 1.31. The average Bonchev–Trinajstić information content (AvgIpc) is 2.32. The maximum atomic E-state index is 13.3. The first-order valence-electron chi connectivity index (χ1n) is 5.11. The van der Waals surface area contributed by atoms with Crippen LogP contribution in [0.5, 0.6) is 0 Å². The van der Waals surface area contributed by atoms with Gasteiger partial charge in [-0.2, -0.15) is 0 Å². The Balaban J connectivity index is 3.02. The van der Waals surface area contributed by atoms with Crippen LogP contribution in [-0.4, -0.2) is 34.2 Å². The SMILES string of the molecule is C[C@@H](O)[C@H](NC(=O)c1ccc(F)c(F)c1F)C(=O)O. The average molecular weight is 277 g/mol. The van der Waals surface area contributed by atoms with Crippen LogP contribution in [0.25, 0.3) is 0 Å². The number of carboxylic acid groups (broad SMARTS) is 1. The number of hydrogen-bond acceptors (Lipinski definition) is 3. The zero-order valence-electron chi connectivity index (χ0n) is 9.65. The second-order valence-electron chi connectivity index (χ2n) is 3.75. The van der Waals surface area contributed by atoms with Crippen molar-refractivity contribution in [2.75, 3.05) is 0 Å². The van der Waals surface area contributed by atoms with E-state index in [2.05, 4.69) is 0 Å². The lowest BCUT2D eigenvalue weighted by Crippen LogP contribution is -2.47. The van der Waals surface area contributed by atoms with Crippen molar-refractivity contribution in [2.45, 2.75) is 19.1 Å². The van der Waals surface area contributed by atoms with Crippen LogP contribution < -0.4 is 5.32 Å². The molecule has 19 heavy (non-hydrogen) atoms. The summed E-state index contributed by atoms with van der Waals surface area (Å²) in [5, 5.41) is 19.6. The highest BCUT2D eigenvalue weighted by atomic mass is 19.2. The molecule has 0 unspecified atom stereocenters. The molecule has 1 aromatic rings. The zero-order chi connectivity index (χ0) is 14.7. The number of aliphatic hydroxyl groups excluding tert-OH is 1. The number of benzene rings is 1. The number of rotatable bonds is 4. The van der Waals surface area contributed by atoms with Crippen LogP contribution in [-0.2, 0) is 4.79 Å². The quantitative estimate of drug-likeness (QED) is 0.706. The molecule has 1 amide bonds. The number of halogens is 3. The molecule has 0 saturated carbocycles. The van der Waals surface area contributed by atoms with Crippen molar-refractivity contribution in [1.29, 1.82) is 0 Å². The summed E-state index contributed by atoms with van der Waals surface area (Å²) in [4.78, 5) is 22.2. The van der Waals surface area contributed by atoms with Gasteiger partial charge in [0.1, 0.15) is 0 Å². The molecule has 3 N–H and O–H groups in total. The molecule has 0 bridgehead atoms. The van der Waals surface area contributed by atoms with Crippen molar-refractivity contribution in [2.24, 2.45) is 0 Å². The molecule has 0 spiro atoms. The molecule has 0 heterocycles. The van der Waals surface area contributed by atoms with Gasteiger partial charge in [-0.15, -0.1) is 0 Å². The summed E-state index contributed by atoms with van der Waals surface area (Å²) >= 11 is 0.